The molecule has 15 heteroatoms. The summed E-state index contributed by atoms with van der Waals surface area (Å²) in [5, 5.41) is 14.5. The third-order valence-electron chi connectivity index (χ3n) is 10.5. The Balaban J connectivity index is 1.74. The molecule has 0 aromatic heterocycles. The number of fused-ring (bicyclic) bond motifs is 5. The molecule has 3 heterocycles. The summed E-state index contributed by atoms with van der Waals surface area (Å²) in [5.41, 5.74) is -0.916. The Bertz CT molecular complexity index is 1630. The molecule has 2 fully saturated rings. The largest absolute Gasteiger partial charge is 0.495 e. The van der Waals surface area contributed by atoms with Gasteiger partial charge in [-0.2, -0.15) is 12.6 Å². The minimum atomic E-state index is -1.83. The van der Waals surface area contributed by atoms with Crippen molar-refractivity contribution in [3.05, 3.63) is 46.5 Å². The number of nitrogens with zero attached hydrogens (tertiary/aromatic N) is 2. The van der Waals surface area contributed by atoms with Gasteiger partial charge in [0.15, 0.2) is 5.72 Å². The lowest BCUT2D eigenvalue weighted by atomic mass is 9.83. The van der Waals surface area contributed by atoms with Gasteiger partial charge in [0.2, 0.25) is 11.8 Å². The number of amides is 3. The lowest BCUT2D eigenvalue weighted by Crippen LogP contribution is -2.63. The average Bonchev–Trinajstić information content (AvgIpc) is 3.78. The Kier molecular flexibility index (Phi) is 13.3. The number of allylic oxidation sites excluding steroid dienone is 3. The van der Waals surface area contributed by atoms with Gasteiger partial charge in [0.25, 0.3) is 0 Å². The Morgan fingerprint density at radius 2 is 1.94 bits per heavy atom. The van der Waals surface area contributed by atoms with E-state index >= 15 is 0 Å². The highest BCUT2D eigenvalue weighted by Gasteiger charge is 2.64. The van der Waals surface area contributed by atoms with Gasteiger partial charge in [-0.05, 0) is 51.3 Å². The van der Waals surface area contributed by atoms with E-state index in [1.54, 1.807) is 52.1 Å². The zero-order chi connectivity index (χ0) is 39.6. The number of nitrogens with one attached hydrogen (secondary N) is 1. The molecule has 8 atom stereocenters. The van der Waals surface area contributed by atoms with Gasteiger partial charge in [-0.3, -0.25) is 14.9 Å². The lowest BCUT2D eigenvalue weighted by molar-refractivity contribution is -0.162. The van der Waals surface area contributed by atoms with Gasteiger partial charge in [-0.25, -0.2) is 9.59 Å². The first-order chi connectivity index (χ1) is 24.6. The predicted octanol–water partition coefficient (Wildman–Crippen LogP) is 5.00. The highest BCUT2D eigenvalue weighted by Crippen LogP contribution is 2.49. The van der Waals surface area contributed by atoms with Crippen LogP contribution in [0, 0.1) is 5.92 Å². The third-order valence-corrected chi connectivity index (χ3v) is 11.1. The van der Waals surface area contributed by atoms with Crippen molar-refractivity contribution in [2.75, 3.05) is 33.2 Å². The molecule has 2 N–H and O–H groups in total. The number of esters is 1. The van der Waals surface area contributed by atoms with Gasteiger partial charge in [-0.15, -0.1) is 0 Å². The number of benzene rings is 1. The quantitative estimate of drug-likeness (QED) is 0.187. The van der Waals surface area contributed by atoms with E-state index in [-0.39, 0.29) is 34.9 Å². The van der Waals surface area contributed by atoms with E-state index in [1.165, 1.54) is 31.1 Å². The molecule has 0 spiro atoms. The maximum absolute atomic E-state index is 14.1. The second-order valence-corrected chi connectivity index (χ2v) is 16.8. The van der Waals surface area contributed by atoms with Crippen LogP contribution in [0.3, 0.4) is 0 Å². The molecule has 3 amide bonds. The number of likely N-dealkylation sites (N-methyl/N-ethyl adjacent to an activating group) is 1. The van der Waals surface area contributed by atoms with Crippen LogP contribution in [0.1, 0.15) is 72.8 Å². The van der Waals surface area contributed by atoms with E-state index in [2.05, 4.69) is 17.9 Å². The number of methoxy groups -OCH3 is 2. The number of thiol groups is 1. The number of epoxide rings is 1. The molecule has 1 aromatic carbocycles. The van der Waals surface area contributed by atoms with E-state index in [9.17, 15) is 24.3 Å². The Hall–Kier alpha value is -3.30. The Morgan fingerprint density at radius 3 is 2.57 bits per heavy atom. The van der Waals surface area contributed by atoms with Crippen LogP contribution < -0.4 is 15.0 Å². The van der Waals surface area contributed by atoms with Crippen molar-refractivity contribution in [3.8, 4) is 5.75 Å². The molecule has 13 nitrogen and oxygen atoms in total. The van der Waals surface area contributed by atoms with E-state index in [1.807, 2.05) is 26.8 Å². The van der Waals surface area contributed by atoms with Crippen molar-refractivity contribution >= 4 is 53.8 Å². The topological polar surface area (TPSA) is 156 Å². The van der Waals surface area contributed by atoms with Crippen molar-refractivity contribution in [2.24, 2.45) is 5.92 Å². The normalized spacial score (nSPS) is 29.9. The van der Waals surface area contributed by atoms with Gasteiger partial charge >= 0.3 is 12.1 Å². The molecule has 3 aliphatic heterocycles. The summed E-state index contributed by atoms with van der Waals surface area (Å²) in [7, 11) is 6.02. The zero-order valence-electron chi connectivity index (χ0n) is 32.2. The fourth-order valence-corrected chi connectivity index (χ4v) is 7.23. The molecule has 1 aromatic rings. The summed E-state index contributed by atoms with van der Waals surface area (Å²) in [6.07, 6.45) is 1.61. The first-order valence-electron chi connectivity index (χ1n) is 17.7. The van der Waals surface area contributed by atoms with Crippen molar-refractivity contribution in [3.63, 3.8) is 0 Å². The van der Waals surface area contributed by atoms with E-state index < -0.39 is 65.7 Å². The predicted molar refractivity (Wildman–Crippen MR) is 203 cm³/mol. The molecule has 4 unspecified atom stereocenters. The maximum Gasteiger partial charge on any atom is 0.409 e. The van der Waals surface area contributed by atoms with Crippen molar-refractivity contribution < 1.29 is 48.0 Å². The minimum absolute atomic E-state index is 0.0509. The maximum atomic E-state index is 14.1. The number of hydrogen-bond donors (Lipinski definition) is 3. The summed E-state index contributed by atoms with van der Waals surface area (Å²) in [4.78, 5) is 56.5. The average molecular weight is 780 g/mol. The van der Waals surface area contributed by atoms with Crippen LogP contribution in [0.2, 0.25) is 5.02 Å². The van der Waals surface area contributed by atoms with Crippen molar-refractivity contribution in [1.82, 2.24) is 10.2 Å². The summed E-state index contributed by atoms with van der Waals surface area (Å²) < 4.78 is 28.8. The van der Waals surface area contributed by atoms with Crippen LogP contribution in [-0.4, -0.2) is 109 Å². The number of carbonyl (C=O) groups excluding carboxylic acids is 4. The second-order valence-electron chi connectivity index (χ2n) is 15.2. The number of anilines is 1. The number of ether oxygens (including phenoxy) is 5. The third kappa shape index (κ3) is 9.88. The zero-order valence-corrected chi connectivity index (χ0v) is 33.9. The van der Waals surface area contributed by atoms with E-state index in [0.717, 1.165) is 11.1 Å². The first kappa shape index (κ1) is 42.4. The number of alkyl carbamates (subject to hydrolysis) is 1. The molecule has 53 heavy (non-hydrogen) atoms. The van der Waals surface area contributed by atoms with Crippen LogP contribution in [0.25, 0.3) is 0 Å². The number of aliphatic hydroxyl groups is 1. The molecule has 2 saturated heterocycles. The van der Waals surface area contributed by atoms with Gasteiger partial charge in [0.05, 0.1) is 25.3 Å². The highest BCUT2D eigenvalue weighted by molar-refractivity contribution is 7.81. The van der Waals surface area contributed by atoms with Gasteiger partial charge in [0.1, 0.15) is 40.7 Å². The number of carbonyl (C=O) groups is 4. The van der Waals surface area contributed by atoms with Crippen LogP contribution in [0.4, 0.5) is 10.5 Å². The van der Waals surface area contributed by atoms with Crippen molar-refractivity contribution in [1.29, 1.82) is 0 Å². The number of halogens is 1. The molecule has 294 valence electrons. The molecular formula is C38H54ClN3O10S. The Labute approximate surface area is 322 Å². The van der Waals surface area contributed by atoms with E-state index in [0.29, 0.717) is 24.3 Å². The summed E-state index contributed by atoms with van der Waals surface area (Å²) in [6, 6.07) is 2.60. The molecule has 0 saturated carbocycles. The Morgan fingerprint density at radius 1 is 1.26 bits per heavy atom. The fourth-order valence-electron chi connectivity index (χ4n) is 6.81. The standard InChI is InChI=1S/C38H54ClN3O10S/c1-21-12-11-13-28(49-10)38(47)20-27(50-35(46)40-38)22(2)33-37(6,52-33)29(51-34(45)23(3)41(7)30(43)14-15-36(4,5)53)19-31(44)42(8)25-17-24(16-21)18-26(48-9)32(25)39/h11-13,17-18,22-23,27-29,33,47,53H,14-16,19-20H2,1-10H3,(H,40,46)/t22?,23?,27-,28?,29-,33?,37+,38+/m1/s1. The summed E-state index contributed by atoms with van der Waals surface area (Å²) in [6.45, 7) is 10.8. The van der Waals surface area contributed by atoms with Gasteiger partial charge < -0.3 is 38.6 Å². The first-order valence-corrected chi connectivity index (χ1v) is 18.5. The molecule has 4 bridgehead atoms. The molecule has 3 aliphatic rings. The number of rotatable bonds is 8. The summed E-state index contributed by atoms with van der Waals surface area (Å²) >= 11 is 11.3. The highest BCUT2D eigenvalue weighted by atomic mass is 35.5. The number of hydrogen-bond acceptors (Lipinski definition) is 11. The molecular weight excluding hydrogens is 726 g/mol. The molecule has 4 rings (SSSR count). The summed E-state index contributed by atoms with van der Waals surface area (Å²) in [5.74, 6) is -1.58. The molecule has 0 radical (unpaired) electrons. The van der Waals surface area contributed by atoms with Crippen LogP contribution >= 0.6 is 24.2 Å². The van der Waals surface area contributed by atoms with Gasteiger partial charge in [0, 0.05) is 44.7 Å². The monoisotopic (exact) mass is 779 g/mol. The van der Waals surface area contributed by atoms with E-state index in [4.69, 9.17) is 35.3 Å². The second kappa shape index (κ2) is 16.6. The molecule has 0 aliphatic carbocycles. The van der Waals surface area contributed by atoms with Crippen molar-refractivity contribution in [2.45, 2.75) is 120 Å². The minimum Gasteiger partial charge on any atom is -0.495 e. The lowest BCUT2D eigenvalue weighted by Gasteiger charge is -2.42. The smallest absolute Gasteiger partial charge is 0.409 e. The van der Waals surface area contributed by atoms with Crippen LogP contribution in [-0.2, 0) is 39.8 Å². The fraction of sp³-hybridized carbons (Fsp3) is 0.632. The van der Waals surface area contributed by atoms with Crippen LogP contribution in [0.15, 0.2) is 35.9 Å². The van der Waals surface area contributed by atoms with Gasteiger partial charge in [-0.1, -0.05) is 56.2 Å². The van der Waals surface area contributed by atoms with Crippen LogP contribution in [0.5, 0.6) is 5.75 Å². The SMILES string of the molecule is COc1cc2cc(c1Cl)N(C)C(=O)C[C@@H](OC(=O)C(C)N(C)C(=O)CCC(C)(C)S)[C@]1(C)OC1C(C)[C@H]1C[C@@](O)(NC(=O)O1)C(OC)C=CC=C(C)C2.